The molecule has 8 heteroatoms. The fourth-order valence-electron chi connectivity index (χ4n) is 3.61. The molecule has 4 aromatic heterocycles. The zero-order valence-electron chi connectivity index (χ0n) is 17.8. The van der Waals surface area contributed by atoms with Crippen LogP contribution in [0.4, 0.5) is 0 Å². The number of fused-ring (bicyclic) bond motifs is 1. The summed E-state index contributed by atoms with van der Waals surface area (Å²) in [6.07, 6.45) is 5.57. The molecule has 1 unspecified atom stereocenters. The number of nitrogens with one attached hydrogen (secondary N) is 1. The van der Waals surface area contributed by atoms with Crippen molar-refractivity contribution in [3.8, 4) is 22.0 Å². The number of hydrogen-bond acceptors (Lipinski definition) is 6. The Morgan fingerprint density at radius 1 is 1.24 bits per heavy atom. The molecule has 7 nitrogen and oxygen atoms in total. The van der Waals surface area contributed by atoms with Crippen LogP contribution in [-0.2, 0) is 0 Å². The summed E-state index contributed by atoms with van der Waals surface area (Å²) in [4.78, 5) is 12.6. The lowest BCUT2D eigenvalue weighted by Crippen LogP contribution is -2.20. The van der Waals surface area contributed by atoms with Gasteiger partial charge in [-0.1, -0.05) is 20.8 Å². The molecule has 4 heterocycles. The number of aromatic amines is 1. The van der Waals surface area contributed by atoms with E-state index in [-0.39, 0.29) is 0 Å². The highest BCUT2D eigenvalue weighted by Gasteiger charge is 2.23. The summed E-state index contributed by atoms with van der Waals surface area (Å²) < 4.78 is 1.81. The first-order valence-electron chi connectivity index (χ1n) is 9.95. The number of thiazole rings is 1. The van der Waals surface area contributed by atoms with E-state index in [0.29, 0.717) is 12.0 Å². The van der Waals surface area contributed by atoms with Gasteiger partial charge in [0.1, 0.15) is 11.3 Å². The second-order valence-corrected chi connectivity index (χ2v) is 8.83. The van der Waals surface area contributed by atoms with Gasteiger partial charge in [-0.05, 0) is 45.0 Å². The van der Waals surface area contributed by atoms with Crippen molar-refractivity contribution in [2.24, 2.45) is 0 Å². The summed E-state index contributed by atoms with van der Waals surface area (Å²) in [7, 11) is 2.14. The zero-order valence-corrected chi connectivity index (χ0v) is 18.6. The summed E-state index contributed by atoms with van der Waals surface area (Å²) in [5, 5.41) is 13.2. The van der Waals surface area contributed by atoms with Gasteiger partial charge >= 0.3 is 0 Å². The lowest BCUT2D eigenvalue weighted by Gasteiger charge is -2.21. The molecule has 0 aliphatic carbocycles. The van der Waals surface area contributed by atoms with Crippen LogP contribution in [0.3, 0.4) is 0 Å². The predicted molar refractivity (Wildman–Crippen MR) is 117 cm³/mol. The molecule has 0 aromatic carbocycles. The van der Waals surface area contributed by atoms with E-state index in [0.717, 1.165) is 39.7 Å². The van der Waals surface area contributed by atoms with Crippen molar-refractivity contribution in [3.63, 3.8) is 0 Å². The van der Waals surface area contributed by atoms with Gasteiger partial charge in [-0.25, -0.2) is 14.5 Å². The molecule has 0 saturated carbocycles. The number of H-pyrrole nitrogens is 1. The summed E-state index contributed by atoms with van der Waals surface area (Å²) >= 11 is 1.73. The van der Waals surface area contributed by atoms with E-state index in [4.69, 9.17) is 10.1 Å². The molecule has 0 spiro atoms. The lowest BCUT2D eigenvalue weighted by atomic mass is 9.97. The molecular weight excluding hydrogens is 382 g/mol. The molecule has 4 rings (SSSR count). The summed E-state index contributed by atoms with van der Waals surface area (Å²) in [6.45, 7) is 11.8. The van der Waals surface area contributed by atoms with E-state index in [1.807, 2.05) is 16.9 Å². The minimum Gasteiger partial charge on any atom is -0.299 e. The SMILES string of the molecule is CCN(C)C(C)c1cnc(-c2[nH]nc(-c3cc(C)c4ncnn4c3)c2C(C)C)s1. The third kappa shape index (κ3) is 3.47. The quantitative estimate of drug-likeness (QED) is 0.500. The van der Waals surface area contributed by atoms with Crippen molar-refractivity contribution in [3.05, 3.63) is 40.8 Å². The molecule has 0 aliphatic heterocycles. The Morgan fingerprint density at radius 3 is 2.76 bits per heavy atom. The van der Waals surface area contributed by atoms with Crippen molar-refractivity contribution in [1.29, 1.82) is 0 Å². The van der Waals surface area contributed by atoms with Crippen molar-refractivity contribution < 1.29 is 0 Å². The van der Waals surface area contributed by atoms with Gasteiger partial charge in [0.05, 0.1) is 11.4 Å². The zero-order chi connectivity index (χ0) is 20.7. The van der Waals surface area contributed by atoms with Gasteiger partial charge in [0.15, 0.2) is 5.65 Å². The van der Waals surface area contributed by atoms with Gasteiger partial charge in [-0.3, -0.25) is 10.00 Å². The van der Waals surface area contributed by atoms with Crippen LogP contribution in [0, 0.1) is 6.92 Å². The lowest BCUT2D eigenvalue weighted by molar-refractivity contribution is 0.279. The highest BCUT2D eigenvalue weighted by atomic mass is 32.1. The third-order valence-corrected chi connectivity index (χ3v) is 6.71. The van der Waals surface area contributed by atoms with Crippen molar-refractivity contribution >= 4 is 17.0 Å². The summed E-state index contributed by atoms with van der Waals surface area (Å²) in [5.74, 6) is 0.300. The van der Waals surface area contributed by atoms with Crippen LogP contribution in [0.1, 0.15) is 55.7 Å². The van der Waals surface area contributed by atoms with Crippen molar-refractivity contribution in [2.45, 2.75) is 46.6 Å². The van der Waals surface area contributed by atoms with Crippen LogP contribution in [0.2, 0.25) is 0 Å². The van der Waals surface area contributed by atoms with E-state index in [1.165, 1.54) is 10.4 Å². The third-order valence-electron chi connectivity index (χ3n) is 5.52. The number of pyridine rings is 1. The minimum absolute atomic E-state index is 0.300. The van der Waals surface area contributed by atoms with E-state index in [9.17, 15) is 0 Å². The minimum atomic E-state index is 0.300. The normalized spacial score (nSPS) is 13.1. The highest BCUT2D eigenvalue weighted by Crippen LogP contribution is 2.38. The molecule has 0 saturated heterocycles. The number of aromatic nitrogens is 6. The van der Waals surface area contributed by atoms with Gasteiger partial charge in [-0.15, -0.1) is 11.3 Å². The fourth-order valence-corrected chi connectivity index (χ4v) is 4.65. The van der Waals surface area contributed by atoms with Gasteiger partial charge in [0, 0.05) is 34.4 Å². The Hall–Kier alpha value is -2.58. The van der Waals surface area contributed by atoms with Crippen LogP contribution < -0.4 is 0 Å². The first kappa shape index (κ1) is 19.7. The molecule has 152 valence electrons. The van der Waals surface area contributed by atoms with E-state index >= 15 is 0 Å². The maximum atomic E-state index is 4.73. The van der Waals surface area contributed by atoms with Crippen LogP contribution in [-0.4, -0.2) is 48.3 Å². The Bertz CT molecular complexity index is 1140. The summed E-state index contributed by atoms with van der Waals surface area (Å²) in [5.41, 5.74) is 6.12. The van der Waals surface area contributed by atoms with Gasteiger partial charge in [0.2, 0.25) is 0 Å². The Kier molecular flexibility index (Phi) is 5.23. The van der Waals surface area contributed by atoms with Crippen LogP contribution in [0.5, 0.6) is 0 Å². The van der Waals surface area contributed by atoms with E-state index < -0.39 is 0 Å². The van der Waals surface area contributed by atoms with Crippen molar-refractivity contribution in [2.75, 3.05) is 13.6 Å². The van der Waals surface area contributed by atoms with E-state index in [2.05, 4.69) is 67.8 Å². The molecule has 1 atom stereocenters. The smallest absolute Gasteiger partial charge is 0.158 e. The van der Waals surface area contributed by atoms with Crippen LogP contribution >= 0.6 is 11.3 Å². The monoisotopic (exact) mass is 409 g/mol. The molecular formula is C21H27N7S. The fraction of sp³-hybridized carbons (Fsp3) is 0.429. The molecule has 0 amide bonds. The van der Waals surface area contributed by atoms with Crippen LogP contribution in [0.25, 0.3) is 27.6 Å². The molecule has 0 fully saturated rings. The molecule has 29 heavy (non-hydrogen) atoms. The molecule has 4 aromatic rings. The predicted octanol–water partition coefficient (Wildman–Crippen LogP) is 4.69. The number of aryl methyl sites for hydroxylation is 1. The van der Waals surface area contributed by atoms with Gasteiger partial charge in [-0.2, -0.15) is 10.2 Å². The second-order valence-electron chi connectivity index (χ2n) is 7.77. The molecule has 0 aliphatic rings. The Balaban J connectivity index is 1.79. The standard InChI is InChI=1S/C21H27N7S/c1-7-27(6)14(5)16-9-22-21(29-16)19-17(12(2)3)18(25-26-19)15-8-13(4)20-23-11-24-28(20)10-15/h8-12,14H,7H2,1-6H3,(H,25,26). The van der Waals surface area contributed by atoms with E-state index in [1.54, 1.807) is 17.7 Å². The average Bonchev–Trinajstić information content (AvgIpc) is 3.44. The second kappa shape index (κ2) is 7.68. The number of nitrogens with zero attached hydrogens (tertiary/aromatic N) is 6. The maximum absolute atomic E-state index is 4.73. The molecule has 0 radical (unpaired) electrons. The number of hydrogen-bond donors (Lipinski definition) is 1. The Labute approximate surface area is 174 Å². The van der Waals surface area contributed by atoms with Gasteiger partial charge in [0.25, 0.3) is 0 Å². The topological polar surface area (TPSA) is 75.0 Å². The average molecular weight is 410 g/mol. The summed E-state index contributed by atoms with van der Waals surface area (Å²) in [6, 6.07) is 2.47. The van der Waals surface area contributed by atoms with Crippen molar-refractivity contribution in [1.82, 2.24) is 34.7 Å². The largest absolute Gasteiger partial charge is 0.299 e. The van der Waals surface area contributed by atoms with Gasteiger partial charge < -0.3 is 0 Å². The first-order chi connectivity index (χ1) is 13.9. The first-order valence-corrected chi connectivity index (χ1v) is 10.8. The Morgan fingerprint density at radius 2 is 2.03 bits per heavy atom. The highest BCUT2D eigenvalue weighted by molar-refractivity contribution is 7.15. The van der Waals surface area contributed by atoms with Crippen LogP contribution in [0.15, 0.2) is 24.8 Å². The molecule has 1 N–H and O–H groups in total. The molecule has 0 bridgehead atoms. The maximum Gasteiger partial charge on any atom is 0.158 e. The number of rotatable bonds is 6.